The Kier molecular flexibility index (Phi) is 4.36. The molecule has 82 valence electrons. The average molecular weight is 210 g/mol. The van der Waals surface area contributed by atoms with Gasteiger partial charge >= 0.3 is 0 Å². The van der Waals surface area contributed by atoms with Gasteiger partial charge in [-0.25, -0.2) is 0 Å². The van der Waals surface area contributed by atoms with Crippen LogP contribution in [-0.4, -0.2) is 30.6 Å². The maximum absolute atomic E-state index is 10.3. The van der Waals surface area contributed by atoms with Gasteiger partial charge in [0.25, 0.3) is 0 Å². The molecular formula is C9H14N4O2. The minimum absolute atomic E-state index is 0.0587. The van der Waals surface area contributed by atoms with Crippen LogP contribution in [0.25, 0.3) is 0 Å². The molecule has 1 aromatic heterocycles. The van der Waals surface area contributed by atoms with E-state index in [-0.39, 0.29) is 6.61 Å². The number of pyridine rings is 1. The standard InChI is InChI=1S/C9H14N4O2/c10-7-3-8(5-12-4-7)13-1-2-15-6-9(11)14/h3-5,13H,1-2,6,10H2,(H2,11,14). The largest absolute Gasteiger partial charge is 0.397 e. The van der Waals surface area contributed by atoms with Crippen LogP contribution in [0.15, 0.2) is 18.5 Å². The molecule has 1 rings (SSSR count). The third-order valence-corrected chi connectivity index (χ3v) is 1.58. The number of rotatable bonds is 6. The Morgan fingerprint density at radius 1 is 1.53 bits per heavy atom. The molecular weight excluding hydrogens is 196 g/mol. The molecule has 1 amide bonds. The summed E-state index contributed by atoms with van der Waals surface area (Å²) in [5.74, 6) is -0.472. The number of ether oxygens (including phenoxy) is 1. The Labute approximate surface area is 87.6 Å². The molecule has 0 bridgehead atoms. The fraction of sp³-hybridized carbons (Fsp3) is 0.333. The average Bonchev–Trinajstić information content (AvgIpc) is 2.17. The number of amides is 1. The Morgan fingerprint density at radius 2 is 2.33 bits per heavy atom. The van der Waals surface area contributed by atoms with Crippen LogP contribution in [-0.2, 0) is 9.53 Å². The third kappa shape index (κ3) is 4.82. The Balaban J connectivity index is 2.17. The summed E-state index contributed by atoms with van der Waals surface area (Å²) in [6.07, 6.45) is 3.22. The van der Waals surface area contributed by atoms with E-state index in [0.29, 0.717) is 18.8 Å². The lowest BCUT2D eigenvalue weighted by molar-refractivity contribution is -0.122. The van der Waals surface area contributed by atoms with Crippen molar-refractivity contribution in [3.63, 3.8) is 0 Å². The first-order valence-electron chi connectivity index (χ1n) is 4.49. The molecule has 6 nitrogen and oxygen atoms in total. The number of hydrogen-bond donors (Lipinski definition) is 3. The minimum Gasteiger partial charge on any atom is -0.397 e. The van der Waals surface area contributed by atoms with Crippen molar-refractivity contribution in [2.45, 2.75) is 0 Å². The number of nitrogens with one attached hydrogen (secondary N) is 1. The van der Waals surface area contributed by atoms with Gasteiger partial charge in [-0.05, 0) is 6.07 Å². The van der Waals surface area contributed by atoms with Crippen molar-refractivity contribution >= 4 is 17.3 Å². The molecule has 0 aliphatic rings. The molecule has 0 saturated carbocycles. The van der Waals surface area contributed by atoms with Crippen molar-refractivity contribution < 1.29 is 9.53 Å². The molecule has 0 fully saturated rings. The van der Waals surface area contributed by atoms with E-state index >= 15 is 0 Å². The van der Waals surface area contributed by atoms with Crippen molar-refractivity contribution in [1.82, 2.24) is 4.98 Å². The first-order valence-corrected chi connectivity index (χ1v) is 4.49. The van der Waals surface area contributed by atoms with Crippen LogP contribution in [0.5, 0.6) is 0 Å². The highest BCUT2D eigenvalue weighted by Gasteiger charge is 1.95. The van der Waals surface area contributed by atoms with E-state index < -0.39 is 5.91 Å². The molecule has 0 aliphatic heterocycles. The second kappa shape index (κ2) is 5.82. The zero-order chi connectivity index (χ0) is 11.1. The number of aromatic nitrogens is 1. The fourth-order valence-corrected chi connectivity index (χ4v) is 0.995. The van der Waals surface area contributed by atoms with E-state index in [1.807, 2.05) is 0 Å². The highest BCUT2D eigenvalue weighted by molar-refractivity contribution is 5.74. The van der Waals surface area contributed by atoms with Gasteiger partial charge in [0.2, 0.25) is 5.91 Å². The Hall–Kier alpha value is -1.82. The Bertz CT molecular complexity index is 330. The van der Waals surface area contributed by atoms with E-state index in [0.717, 1.165) is 5.69 Å². The van der Waals surface area contributed by atoms with Gasteiger partial charge in [0.05, 0.1) is 24.2 Å². The molecule has 0 aromatic carbocycles. The smallest absolute Gasteiger partial charge is 0.243 e. The van der Waals surface area contributed by atoms with Gasteiger partial charge in [0, 0.05) is 12.7 Å². The molecule has 6 heteroatoms. The number of nitrogens with zero attached hydrogens (tertiary/aromatic N) is 1. The minimum atomic E-state index is -0.472. The second-order valence-electron chi connectivity index (χ2n) is 2.95. The van der Waals surface area contributed by atoms with Gasteiger partial charge in [0.15, 0.2) is 0 Å². The maximum Gasteiger partial charge on any atom is 0.243 e. The van der Waals surface area contributed by atoms with E-state index in [1.165, 1.54) is 0 Å². The molecule has 5 N–H and O–H groups in total. The summed E-state index contributed by atoms with van der Waals surface area (Å²) >= 11 is 0. The molecule has 1 aromatic rings. The molecule has 0 aliphatic carbocycles. The first-order chi connectivity index (χ1) is 7.18. The molecule has 1 heterocycles. The normalized spacial score (nSPS) is 9.87. The fourth-order valence-electron chi connectivity index (χ4n) is 0.995. The van der Waals surface area contributed by atoms with Crippen molar-refractivity contribution in [3.8, 4) is 0 Å². The summed E-state index contributed by atoms with van der Waals surface area (Å²) < 4.78 is 4.96. The molecule has 0 saturated heterocycles. The van der Waals surface area contributed by atoms with Crippen LogP contribution >= 0.6 is 0 Å². The summed E-state index contributed by atoms with van der Waals surface area (Å²) in [6, 6.07) is 1.76. The van der Waals surface area contributed by atoms with Crippen LogP contribution in [0.3, 0.4) is 0 Å². The van der Waals surface area contributed by atoms with Gasteiger partial charge in [-0.2, -0.15) is 0 Å². The topological polar surface area (TPSA) is 103 Å². The lowest BCUT2D eigenvalue weighted by Crippen LogP contribution is -2.20. The van der Waals surface area contributed by atoms with E-state index in [2.05, 4.69) is 10.3 Å². The first kappa shape index (κ1) is 11.3. The van der Waals surface area contributed by atoms with Crippen LogP contribution in [0.1, 0.15) is 0 Å². The second-order valence-corrected chi connectivity index (χ2v) is 2.95. The number of nitrogen functional groups attached to an aromatic ring is 1. The number of carbonyl (C=O) groups excluding carboxylic acids is 1. The lowest BCUT2D eigenvalue weighted by atomic mass is 10.4. The zero-order valence-corrected chi connectivity index (χ0v) is 8.27. The summed E-state index contributed by atoms with van der Waals surface area (Å²) in [6.45, 7) is 0.910. The summed E-state index contributed by atoms with van der Waals surface area (Å²) in [7, 11) is 0. The maximum atomic E-state index is 10.3. The van der Waals surface area contributed by atoms with Crippen LogP contribution < -0.4 is 16.8 Å². The highest BCUT2D eigenvalue weighted by atomic mass is 16.5. The van der Waals surface area contributed by atoms with E-state index in [9.17, 15) is 4.79 Å². The molecule has 0 unspecified atom stereocenters. The van der Waals surface area contributed by atoms with Gasteiger partial charge < -0.3 is 21.5 Å². The van der Waals surface area contributed by atoms with Gasteiger partial charge in [0.1, 0.15) is 6.61 Å². The van der Waals surface area contributed by atoms with Crippen LogP contribution in [0, 0.1) is 0 Å². The summed E-state index contributed by atoms with van der Waals surface area (Å²) in [4.78, 5) is 14.2. The number of nitrogens with two attached hydrogens (primary N) is 2. The van der Waals surface area contributed by atoms with Gasteiger partial charge in [-0.1, -0.05) is 0 Å². The van der Waals surface area contributed by atoms with Crippen LogP contribution in [0.4, 0.5) is 11.4 Å². The molecule has 0 spiro atoms. The number of anilines is 2. The molecule has 0 atom stereocenters. The predicted molar refractivity (Wildman–Crippen MR) is 57.2 cm³/mol. The van der Waals surface area contributed by atoms with Crippen molar-refractivity contribution in [3.05, 3.63) is 18.5 Å². The van der Waals surface area contributed by atoms with Crippen molar-refractivity contribution in [2.24, 2.45) is 5.73 Å². The van der Waals surface area contributed by atoms with Crippen molar-refractivity contribution in [2.75, 3.05) is 30.8 Å². The Morgan fingerprint density at radius 3 is 3.00 bits per heavy atom. The third-order valence-electron chi connectivity index (χ3n) is 1.58. The highest BCUT2D eigenvalue weighted by Crippen LogP contribution is 2.08. The van der Waals surface area contributed by atoms with Gasteiger partial charge in [-0.15, -0.1) is 0 Å². The quantitative estimate of drug-likeness (QED) is 0.553. The SMILES string of the molecule is NC(=O)COCCNc1cncc(N)c1. The monoisotopic (exact) mass is 210 g/mol. The van der Waals surface area contributed by atoms with E-state index in [4.69, 9.17) is 16.2 Å². The number of primary amides is 1. The van der Waals surface area contributed by atoms with Gasteiger partial charge in [-0.3, -0.25) is 9.78 Å². The number of carbonyl (C=O) groups is 1. The number of hydrogen-bond acceptors (Lipinski definition) is 5. The molecule has 0 radical (unpaired) electrons. The predicted octanol–water partition coefficient (Wildman–Crippen LogP) is -0.422. The van der Waals surface area contributed by atoms with E-state index in [1.54, 1.807) is 18.5 Å². The zero-order valence-electron chi connectivity index (χ0n) is 8.27. The summed E-state index contributed by atoms with van der Waals surface area (Å²) in [5.41, 5.74) is 11.8. The molecule has 15 heavy (non-hydrogen) atoms. The van der Waals surface area contributed by atoms with Crippen molar-refractivity contribution in [1.29, 1.82) is 0 Å². The van der Waals surface area contributed by atoms with Crippen LogP contribution in [0.2, 0.25) is 0 Å². The summed E-state index contributed by atoms with van der Waals surface area (Å²) in [5, 5.41) is 3.04. The lowest BCUT2D eigenvalue weighted by Gasteiger charge is -2.06.